The van der Waals surface area contributed by atoms with Gasteiger partial charge in [0.25, 0.3) is 0 Å². The van der Waals surface area contributed by atoms with Gasteiger partial charge in [-0.05, 0) is 37.5 Å². The van der Waals surface area contributed by atoms with Crippen LogP contribution in [0.15, 0.2) is 0 Å². The van der Waals surface area contributed by atoms with Gasteiger partial charge in [-0.2, -0.15) is 0 Å². The fourth-order valence-corrected chi connectivity index (χ4v) is 3.64. The highest BCUT2D eigenvalue weighted by atomic mass is 79.9. The lowest BCUT2D eigenvalue weighted by atomic mass is 9.85. The zero-order valence-corrected chi connectivity index (χ0v) is 16.7. The van der Waals surface area contributed by atoms with E-state index in [0.29, 0.717) is 18.4 Å². The Labute approximate surface area is 146 Å². The highest BCUT2D eigenvalue weighted by molar-refractivity contribution is 9.09. The van der Waals surface area contributed by atoms with E-state index < -0.39 is 0 Å². The summed E-state index contributed by atoms with van der Waals surface area (Å²) in [7, 11) is 0. The third-order valence-corrected chi connectivity index (χ3v) is 4.66. The van der Waals surface area contributed by atoms with E-state index in [-0.39, 0.29) is 5.97 Å². The molecule has 0 aromatic rings. The van der Waals surface area contributed by atoms with E-state index in [0.717, 1.165) is 24.6 Å². The Morgan fingerprint density at radius 3 is 2.18 bits per heavy atom. The Morgan fingerprint density at radius 1 is 0.909 bits per heavy atom. The largest absolute Gasteiger partial charge is 0.466 e. The van der Waals surface area contributed by atoms with Crippen LogP contribution in [0.1, 0.15) is 97.8 Å². The van der Waals surface area contributed by atoms with Crippen molar-refractivity contribution < 1.29 is 9.53 Å². The second-order valence-corrected chi connectivity index (χ2v) is 7.95. The minimum absolute atomic E-state index is 0.00623. The van der Waals surface area contributed by atoms with Crippen LogP contribution in [-0.2, 0) is 9.53 Å². The first kappa shape index (κ1) is 21.9. The van der Waals surface area contributed by atoms with Gasteiger partial charge in [-0.1, -0.05) is 75.2 Å². The summed E-state index contributed by atoms with van der Waals surface area (Å²) in [5.41, 5.74) is 0.394. The smallest absolute Gasteiger partial charge is 0.305 e. The summed E-state index contributed by atoms with van der Waals surface area (Å²) >= 11 is 3.50. The first-order valence-corrected chi connectivity index (χ1v) is 10.4. The first-order chi connectivity index (χ1) is 10.5. The Morgan fingerprint density at radius 2 is 1.55 bits per heavy atom. The van der Waals surface area contributed by atoms with Crippen molar-refractivity contribution in [1.82, 2.24) is 0 Å². The monoisotopic (exact) mass is 376 g/mol. The van der Waals surface area contributed by atoms with E-state index in [4.69, 9.17) is 4.74 Å². The molecular weight excluding hydrogens is 340 g/mol. The fourth-order valence-electron chi connectivity index (χ4n) is 2.57. The number of unbranched alkanes of at least 4 members (excludes halogenated alkanes) is 7. The lowest BCUT2D eigenvalue weighted by Crippen LogP contribution is -2.12. The van der Waals surface area contributed by atoms with Gasteiger partial charge in [0.2, 0.25) is 0 Å². The predicted molar refractivity (Wildman–Crippen MR) is 99.6 cm³/mol. The number of ether oxygens (including phenoxy) is 1. The molecule has 0 aliphatic rings. The molecule has 0 radical (unpaired) electrons. The average molecular weight is 377 g/mol. The molecule has 0 unspecified atom stereocenters. The predicted octanol–water partition coefficient (Wildman–Crippen LogP) is 6.65. The molecule has 0 spiro atoms. The summed E-state index contributed by atoms with van der Waals surface area (Å²) in [5.74, 6) is -0.00623. The zero-order chi connectivity index (χ0) is 16.7. The fraction of sp³-hybridized carbons (Fsp3) is 0.947. The van der Waals surface area contributed by atoms with Gasteiger partial charge >= 0.3 is 5.97 Å². The molecule has 0 aliphatic carbocycles. The van der Waals surface area contributed by atoms with E-state index in [2.05, 4.69) is 36.7 Å². The molecule has 0 atom stereocenters. The van der Waals surface area contributed by atoms with Crippen molar-refractivity contribution in [2.75, 3.05) is 11.9 Å². The molecule has 0 aliphatic heterocycles. The average Bonchev–Trinajstić information content (AvgIpc) is 2.45. The first-order valence-electron chi connectivity index (χ1n) is 9.23. The molecule has 0 rings (SSSR count). The number of alkyl halides is 1. The number of esters is 1. The van der Waals surface area contributed by atoms with Crippen LogP contribution in [-0.4, -0.2) is 17.9 Å². The van der Waals surface area contributed by atoms with Gasteiger partial charge in [0, 0.05) is 11.8 Å². The second-order valence-electron chi connectivity index (χ2n) is 7.15. The number of carbonyl (C=O) groups excluding carboxylic acids is 1. The number of rotatable bonds is 15. The van der Waals surface area contributed by atoms with Gasteiger partial charge < -0.3 is 4.74 Å². The summed E-state index contributed by atoms with van der Waals surface area (Å²) in [6.45, 7) is 7.44. The highest BCUT2D eigenvalue weighted by Crippen LogP contribution is 2.28. The van der Waals surface area contributed by atoms with Gasteiger partial charge in [-0.25, -0.2) is 0 Å². The van der Waals surface area contributed by atoms with Crippen molar-refractivity contribution in [2.24, 2.45) is 5.41 Å². The lowest BCUT2D eigenvalue weighted by molar-refractivity contribution is -0.143. The van der Waals surface area contributed by atoms with Crippen LogP contribution in [0.2, 0.25) is 0 Å². The quantitative estimate of drug-likeness (QED) is 0.181. The summed E-state index contributed by atoms with van der Waals surface area (Å²) < 4.78 is 5.31. The van der Waals surface area contributed by atoms with E-state index in [1.54, 1.807) is 0 Å². The maximum atomic E-state index is 11.6. The molecule has 132 valence electrons. The molecule has 0 N–H and O–H groups in total. The minimum Gasteiger partial charge on any atom is -0.466 e. The van der Waals surface area contributed by atoms with Gasteiger partial charge in [-0.15, -0.1) is 0 Å². The Bertz CT molecular complexity index is 264. The minimum atomic E-state index is -0.00623. The third kappa shape index (κ3) is 14.9. The van der Waals surface area contributed by atoms with Crippen LogP contribution in [0.3, 0.4) is 0 Å². The standard InChI is InChI=1S/C19H37BrO2/c1-4-5-6-7-8-9-10-13-18(21)22-17-12-11-14-19(2,3)15-16-20/h4-17H2,1-3H3. The van der Waals surface area contributed by atoms with E-state index in [1.807, 2.05) is 0 Å². The van der Waals surface area contributed by atoms with E-state index >= 15 is 0 Å². The third-order valence-electron chi connectivity index (χ3n) is 4.27. The molecular formula is C19H37BrO2. The van der Waals surface area contributed by atoms with Gasteiger partial charge in [-0.3, -0.25) is 4.79 Å². The van der Waals surface area contributed by atoms with Crippen molar-refractivity contribution in [3.63, 3.8) is 0 Å². The van der Waals surface area contributed by atoms with Crippen molar-refractivity contribution in [3.05, 3.63) is 0 Å². The van der Waals surface area contributed by atoms with Crippen molar-refractivity contribution in [3.8, 4) is 0 Å². The molecule has 22 heavy (non-hydrogen) atoms. The van der Waals surface area contributed by atoms with Crippen LogP contribution in [0.4, 0.5) is 0 Å². The Balaban J connectivity index is 3.36. The molecule has 0 heterocycles. The summed E-state index contributed by atoms with van der Waals surface area (Å²) in [6.07, 6.45) is 13.8. The number of hydrogen-bond donors (Lipinski definition) is 0. The van der Waals surface area contributed by atoms with Gasteiger partial charge in [0.05, 0.1) is 6.61 Å². The summed E-state index contributed by atoms with van der Waals surface area (Å²) in [5, 5.41) is 1.06. The highest BCUT2D eigenvalue weighted by Gasteiger charge is 2.16. The second kappa shape index (κ2) is 14.5. The molecule has 0 fully saturated rings. The molecule has 2 nitrogen and oxygen atoms in total. The van der Waals surface area contributed by atoms with Crippen molar-refractivity contribution >= 4 is 21.9 Å². The topological polar surface area (TPSA) is 26.3 Å². The molecule has 3 heteroatoms. The SMILES string of the molecule is CCCCCCCCCC(=O)OCCCCC(C)(C)CCBr. The van der Waals surface area contributed by atoms with Gasteiger partial charge in [0.15, 0.2) is 0 Å². The maximum Gasteiger partial charge on any atom is 0.305 e. The molecule has 0 saturated carbocycles. The van der Waals surface area contributed by atoms with Crippen molar-refractivity contribution in [2.45, 2.75) is 97.8 Å². The Kier molecular flexibility index (Phi) is 14.5. The molecule has 0 saturated heterocycles. The number of hydrogen-bond acceptors (Lipinski definition) is 2. The Hall–Kier alpha value is -0.0500. The van der Waals surface area contributed by atoms with E-state index in [1.165, 1.54) is 51.4 Å². The van der Waals surface area contributed by atoms with Gasteiger partial charge in [0.1, 0.15) is 0 Å². The summed E-state index contributed by atoms with van der Waals surface area (Å²) in [6, 6.07) is 0. The van der Waals surface area contributed by atoms with Crippen LogP contribution < -0.4 is 0 Å². The number of halogens is 1. The van der Waals surface area contributed by atoms with Crippen LogP contribution >= 0.6 is 15.9 Å². The molecule has 0 bridgehead atoms. The van der Waals surface area contributed by atoms with E-state index in [9.17, 15) is 4.79 Å². The maximum absolute atomic E-state index is 11.6. The van der Waals surface area contributed by atoms with Crippen molar-refractivity contribution in [1.29, 1.82) is 0 Å². The number of carbonyl (C=O) groups is 1. The summed E-state index contributed by atoms with van der Waals surface area (Å²) in [4.78, 5) is 11.6. The van der Waals surface area contributed by atoms with Crippen LogP contribution in [0, 0.1) is 5.41 Å². The molecule has 0 aromatic heterocycles. The van der Waals surface area contributed by atoms with Crippen LogP contribution in [0.25, 0.3) is 0 Å². The molecule has 0 aromatic carbocycles. The lowest BCUT2D eigenvalue weighted by Gasteiger charge is -2.23. The molecule has 0 amide bonds. The normalized spacial score (nSPS) is 11.6. The zero-order valence-electron chi connectivity index (χ0n) is 15.1. The van der Waals surface area contributed by atoms with Crippen LogP contribution in [0.5, 0.6) is 0 Å².